The van der Waals surface area contributed by atoms with E-state index in [9.17, 15) is 0 Å². The molecule has 0 aliphatic heterocycles. The largest absolute Gasteiger partial charge is 0.158 e. The number of halogens is 1. The molecule has 110 valence electrons. The van der Waals surface area contributed by atoms with Gasteiger partial charge in [0.2, 0.25) is 0 Å². The van der Waals surface area contributed by atoms with Crippen molar-refractivity contribution in [3.05, 3.63) is 93.1 Å². The second kappa shape index (κ2) is 6.08. The van der Waals surface area contributed by atoms with Crippen LogP contribution in [-0.4, -0.2) is 11.9 Å². The first kappa shape index (κ1) is 14.3. The van der Waals surface area contributed by atoms with Gasteiger partial charge < -0.3 is 0 Å². The van der Waals surface area contributed by atoms with Crippen molar-refractivity contribution in [1.29, 1.82) is 0 Å². The van der Waals surface area contributed by atoms with E-state index in [4.69, 9.17) is 0 Å². The Morgan fingerprint density at radius 2 is 1.30 bits per heavy atom. The fourth-order valence-electron chi connectivity index (χ4n) is 2.84. The van der Waals surface area contributed by atoms with Crippen LogP contribution in [0.1, 0.15) is 16.7 Å². The van der Waals surface area contributed by atoms with Crippen molar-refractivity contribution >= 4 is 34.5 Å². The summed E-state index contributed by atoms with van der Waals surface area (Å²) in [6.45, 7) is 0. The van der Waals surface area contributed by atoms with Crippen molar-refractivity contribution in [2.24, 2.45) is 10.2 Å². The van der Waals surface area contributed by atoms with Crippen LogP contribution in [0.2, 0.25) is 0 Å². The second-order valence-corrected chi connectivity index (χ2v) is 6.58. The third-order valence-corrected chi connectivity index (χ3v) is 4.54. The number of rotatable bonds is 2. The first-order valence-corrected chi connectivity index (χ1v) is 8.46. The Morgan fingerprint density at radius 3 is 1.91 bits per heavy atom. The lowest BCUT2D eigenvalue weighted by Crippen LogP contribution is -1.97. The molecule has 1 aliphatic carbocycles. The van der Waals surface area contributed by atoms with Crippen molar-refractivity contribution in [3.63, 3.8) is 0 Å². The van der Waals surface area contributed by atoms with Gasteiger partial charge in [-0.3, -0.25) is 0 Å². The van der Waals surface area contributed by atoms with Gasteiger partial charge in [-0.1, -0.05) is 60.7 Å². The molecule has 0 spiro atoms. The minimum absolute atomic E-state index is 0.943. The SMILES string of the molecule is Ic1cccc(/C=N\N=C2c3ccccc3-c3ccccc32)c1. The third kappa shape index (κ3) is 2.72. The van der Waals surface area contributed by atoms with Crippen LogP contribution < -0.4 is 0 Å². The van der Waals surface area contributed by atoms with Crippen LogP contribution in [-0.2, 0) is 0 Å². The highest BCUT2D eigenvalue weighted by Crippen LogP contribution is 2.36. The van der Waals surface area contributed by atoms with E-state index in [1.54, 1.807) is 6.21 Å². The molecule has 23 heavy (non-hydrogen) atoms. The topological polar surface area (TPSA) is 24.7 Å². The number of fused-ring (bicyclic) bond motifs is 3. The van der Waals surface area contributed by atoms with E-state index in [0.717, 1.165) is 22.4 Å². The van der Waals surface area contributed by atoms with Crippen molar-refractivity contribution in [1.82, 2.24) is 0 Å². The molecule has 2 nitrogen and oxygen atoms in total. The fourth-order valence-corrected chi connectivity index (χ4v) is 3.41. The minimum atomic E-state index is 0.943. The molecule has 0 saturated carbocycles. The Labute approximate surface area is 148 Å². The molecule has 4 rings (SSSR count). The summed E-state index contributed by atoms with van der Waals surface area (Å²) in [4.78, 5) is 0. The average molecular weight is 408 g/mol. The summed E-state index contributed by atoms with van der Waals surface area (Å²) in [5, 5.41) is 8.84. The summed E-state index contributed by atoms with van der Waals surface area (Å²) in [5.41, 5.74) is 6.75. The minimum Gasteiger partial charge on any atom is -0.158 e. The van der Waals surface area contributed by atoms with Crippen molar-refractivity contribution in [3.8, 4) is 11.1 Å². The molecular formula is C20H13IN2. The fraction of sp³-hybridized carbons (Fsp3) is 0. The van der Waals surface area contributed by atoms with Gasteiger partial charge in [-0.25, -0.2) is 0 Å². The number of benzene rings is 3. The molecule has 0 atom stereocenters. The molecule has 3 heteroatoms. The summed E-state index contributed by atoms with van der Waals surface area (Å²) in [6, 6.07) is 24.9. The maximum atomic E-state index is 4.51. The van der Waals surface area contributed by atoms with Gasteiger partial charge in [-0.15, -0.1) is 5.10 Å². The summed E-state index contributed by atoms with van der Waals surface area (Å²) in [6.07, 6.45) is 1.80. The van der Waals surface area contributed by atoms with E-state index in [1.165, 1.54) is 14.7 Å². The number of hydrogen-bond donors (Lipinski definition) is 0. The zero-order chi connectivity index (χ0) is 15.6. The smallest absolute Gasteiger partial charge is 0.101 e. The highest BCUT2D eigenvalue weighted by Gasteiger charge is 2.23. The lowest BCUT2D eigenvalue weighted by atomic mass is 10.1. The normalized spacial score (nSPS) is 12.3. The molecule has 0 heterocycles. The van der Waals surface area contributed by atoms with Crippen LogP contribution in [0.25, 0.3) is 11.1 Å². The molecule has 0 bridgehead atoms. The molecule has 0 amide bonds. The predicted octanol–water partition coefficient (Wildman–Crippen LogP) is 5.14. The first-order chi connectivity index (χ1) is 11.3. The van der Waals surface area contributed by atoms with Gasteiger partial charge in [0.1, 0.15) is 5.71 Å². The molecule has 0 saturated heterocycles. The van der Waals surface area contributed by atoms with Crippen molar-refractivity contribution < 1.29 is 0 Å². The van der Waals surface area contributed by atoms with E-state index in [0.29, 0.717) is 0 Å². The lowest BCUT2D eigenvalue weighted by Gasteiger charge is -1.98. The Balaban J connectivity index is 1.76. The van der Waals surface area contributed by atoms with Crippen LogP contribution in [0.3, 0.4) is 0 Å². The highest BCUT2D eigenvalue weighted by molar-refractivity contribution is 14.1. The molecule has 0 radical (unpaired) electrons. The second-order valence-electron chi connectivity index (χ2n) is 5.34. The zero-order valence-electron chi connectivity index (χ0n) is 12.3. The molecule has 3 aromatic carbocycles. The van der Waals surface area contributed by atoms with Crippen LogP contribution >= 0.6 is 22.6 Å². The van der Waals surface area contributed by atoms with E-state index in [2.05, 4.69) is 81.3 Å². The van der Waals surface area contributed by atoms with Gasteiger partial charge in [0.25, 0.3) is 0 Å². The van der Waals surface area contributed by atoms with Gasteiger partial charge in [0.05, 0.1) is 6.21 Å². The Bertz CT molecular complexity index is 894. The van der Waals surface area contributed by atoms with E-state index < -0.39 is 0 Å². The molecule has 0 fully saturated rings. The Hall–Kier alpha value is -2.27. The van der Waals surface area contributed by atoms with Crippen LogP contribution in [0, 0.1) is 3.57 Å². The summed E-state index contributed by atoms with van der Waals surface area (Å²) in [5.74, 6) is 0. The van der Waals surface area contributed by atoms with E-state index in [-0.39, 0.29) is 0 Å². The van der Waals surface area contributed by atoms with Crippen molar-refractivity contribution in [2.45, 2.75) is 0 Å². The quantitative estimate of drug-likeness (QED) is 0.249. The zero-order valence-corrected chi connectivity index (χ0v) is 14.4. The van der Waals surface area contributed by atoms with Gasteiger partial charge in [-0.2, -0.15) is 5.10 Å². The molecule has 1 aliphatic rings. The molecular weight excluding hydrogens is 395 g/mol. The highest BCUT2D eigenvalue weighted by atomic mass is 127. The lowest BCUT2D eigenvalue weighted by molar-refractivity contribution is 1.25. The first-order valence-electron chi connectivity index (χ1n) is 7.39. The summed E-state index contributed by atoms with van der Waals surface area (Å²) in [7, 11) is 0. The van der Waals surface area contributed by atoms with Crippen LogP contribution in [0.4, 0.5) is 0 Å². The van der Waals surface area contributed by atoms with Crippen molar-refractivity contribution in [2.75, 3.05) is 0 Å². The van der Waals surface area contributed by atoms with Gasteiger partial charge >= 0.3 is 0 Å². The maximum Gasteiger partial charge on any atom is 0.101 e. The van der Waals surface area contributed by atoms with E-state index in [1.807, 2.05) is 24.3 Å². The summed E-state index contributed by atoms with van der Waals surface area (Å²) >= 11 is 2.30. The Kier molecular flexibility index (Phi) is 3.79. The standard InChI is InChI=1S/C20H13IN2/c21-15-7-5-6-14(12-15)13-22-23-20-18-10-3-1-8-16(18)17-9-2-4-11-19(17)20/h1-13H/b22-13-. The summed E-state index contributed by atoms with van der Waals surface area (Å²) < 4.78 is 1.19. The molecule has 0 N–H and O–H groups in total. The maximum absolute atomic E-state index is 4.51. The van der Waals surface area contributed by atoms with E-state index >= 15 is 0 Å². The van der Waals surface area contributed by atoms with Crippen LogP contribution in [0.5, 0.6) is 0 Å². The van der Waals surface area contributed by atoms with Gasteiger partial charge in [0.15, 0.2) is 0 Å². The predicted molar refractivity (Wildman–Crippen MR) is 104 cm³/mol. The third-order valence-electron chi connectivity index (χ3n) is 3.87. The molecule has 0 unspecified atom stereocenters. The van der Waals surface area contributed by atoms with Crippen LogP contribution in [0.15, 0.2) is 83.0 Å². The molecule has 0 aromatic heterocycles. The molecule has 3 aromatic rings. The Morgan fingerprint density at radius 1 is 0.696 bits per heavy atom. The van der Waals surface area contributed by atoms with Gasteiger partial charge in [-0.05, 0) is 51.4 Å². The monoisotopic (exact) mass is 408 g/mol. The average Bonchev–Trinajstić information content (AvgIpc) is 2.90. The van der Waals surface area contributed by atoms with Gasteiger partial charge in [0, 0.05) is 14.7 Å². The number of hydrogen-bond acceptors (Lipinski definition) is 2. The number of nitrogens with zero attached hydrogens (tertiary/aromatic N) is 2.